The SMILES string of the molecule is COc1ccccc1NC(=O)C1=C(C)NC2=C(C(=O)C[C@H](c3ccc(OC)c(OC)c3)C2)[C@@H]1c1ccc(C)s1. The zero-order chi connectivity index (χ0) is 27.7. The highest BCUT2D eigenvalue weighted by Gasteiger charge is 2.41. The number of ether oxygens (including phenoxy) is 3. The van der Waals surface area contributed by atoms with Crippen molar-refractivity contribution in [3.8, 4) is 17.2 Å². The first kappa shape index (κ1) is 26.6. The molecule has 0 unspecified atom stereocenters. The number of dihydropyridines is 1. The number of aryl methyl sites for hydroxylation is 1. The van der Waals surface area contributed by atoms with Gasteiger partial charge < -0.3 is 24.8 Å². The minimum absolute atomic E-state index is 0.0222. The van der Waals surface area contributed by atoms with E-state index in [0.717, 1.165) is 26.7 Å². The van der Waals surface area contributed by atoms with Crippen molar-refractivity contribution >= 4 is 28.7 Å². The van der Waals surface area contributed by atoms with E-state index in [-0.39, 0.29) is 17.6 Å². The molecule has 202 valence electrons. The fourth-order valence-corrected chi connectivity index (χ4v) is 6.51. The summed E-state index contributed by atoms with van der Waals surface area (Å²) in [6.07, 6.45) is 0.994. The number of allylic oxidation sites excluding steroid dienone is 3. The highest BCUT2D eigenvalue weighted by Crippen LogP contribution is 2.48. The van der Waals surface area contributed by atoms with Gasteiger partial charge in [-0.15, -0.1) is 11.3 Å². The quantitative estimate of drug-likeness (QED) is 0.375. The predicted octanol–water partition coefficient (Wildman–Crippen LogP) is 6.08. The Kier molecular flexibility index (Phi) is 7.48. The van der Waals surface area contributed by atoms with Crippen LogP contribution in [-0.2, 0) is 9.59 Å². The number of anilines is 1. The molecule has 3 aromatic rings. The zero-order valence-electron chi connectivity index (χ0n) is 22.7. The molecule has 0 saturated carbocycles. The largest absolute Gasteiger partial charge is 0.495 e. The fraction of sp³-hybridized carbons (Fsp3) is 0.290. The lowest BCUT2D eigenvalue weighted by Crippen LogP contribution is -2.36. The Balaban J connectivity index is 1.53. The topological polar surface area (TPSA) is 85.9 Å². The Labute approximate surface area is 232 Å². The van der Waals surface area contributed by atoms with Crippen molar-refractivity contribution < 1.29 is 23.8 Å². The van der Waals surface area contributed by atoms with Gasteiger partial charge in [0.25, 0.3) is 5.91 Å². The number of ketones is 1. The number of benzene rings is 2. The second-order valence-electron chi connectivity index (χ2n) is 9.73. The van der Waals surface area contributed by atoms with Gasteiger partial charge in [-0.3, -0.25) is 9.59 Å². The molecule has 1 aliphatic carbocycles. The number of hydrogen-bond donors (Lipinski definition) is 2. The third-order valence-electron chi connectivity index (χ3n) is 7.35. The van der Waals surface area contributed by atoms with Crippen molar-refractivity contribution in [1.29, 1.82) is 0 Å². The van der Waals surface area contributed by atoms with Gasteiger partial charge in [0.2, 0.25) is 0 Å². The summed E-state index contributed by atoms with van der Waals surface area (Å²) in [5, 5.41) is 6.47. The van der Waals surface area contributed by atoms with Crippen molar-refractivity contribution in [2.75, 3.05) is 26.6 Å². The first-order valence-corrected chi connectivity index (χ1v) is 13.6. The molecule has 0 radical (unpaired) electrons. The van der Waals surface area contributed by atoms with Crippen molar-refractivity contribution in [3.05, 3.63) is 92.5 Å². The lowest BCUT2D eigenvalue weighted by molar-refractivity contribution is -0.116. The molecule has 1 aromatic heterocycles. The number of carbonyl (C=O) groups excluding carboxylic acids is 2. The molecule has 0 bridgehead atoms. The number of Topliss-reactive ketones (excluding diaryl/α,β-unsaturated/α-hetero) is 1. The molecule has 39 heavy (non-hydrogen) atoms. The van der Waals surface area contributed by atoms with Crippen LogP contribution < -0.4 is 24.8 Å². The number of nitrogens with one attached hydrogen (secondary N) is 2. The van der Waals surface area contributed by atoms with Gasteiger partial charge in [0.05, 0.1) is 32.9 Å². The molecule has 2 N–H and O–H groups in total. The maximum atomic E-state index is 13.9. The number of methoxy groups -OCH3 is 3. The van der Waals surface area contributed by atoms with Gasteiger partial charge in [0.1, 0.15) is 5.75 Å². The van der Waals surface area contributed by atoms with Crippen molar-refractivity contribution in [2.24, 2.45) is 0 Å². The lowest BCUT2D eigenvalue weighted by Gasteiger charge is -2.36. The van der Waals surface area contributed by atoms with Crippen LogP contribution in [0.15, 0.2) is 77.1 Å². The number of para-hydroxylation sites is 2. The number of rotatable bonds is 7. The Bertz CT molecular complexity index is 1500. The number of thiophene rings is 1. The fourth-order valence-electron chi connectivity index (χ4n) is 5.51. The molecule has 0 fully saturated rings. The van der Waals surface area contributed by atoms with Crippen LogP contribution in [-0.4, -0.2) is 33.0 Å². The minimum atomic E-state index is -0.450. The molecule has 2 heterocycles. The molecule has 8 heteroatoms. The summed E-state index contributed by atoms with van der Waals surface area (Å²) in [4.78, 5) is 29.8. The second kappa shape index (κ2) is 11.0. The van der Waals surface area contributed by atoms with Crippen LogP contribution in [0.3, 0.4) is 0 Å². The van der Waals surface area contributed by atoms with E-state index in [9.17, 15) is 9.59 Å². The maximum Gasteiger partial charge on any atom is 0.254 e. The molecule has 7 nitrogen and oxygen atoms in total. The zero-order valence-corrected chi connectivity index (χ0v) is 23.5. The second-order valence-corrected chi connectivity index (χ2v) is 11.1. The van der Waals surface area contributed by atoms with Gasteiger partial charge >= 0.3 is 0 Å². The van der Waals surface area contributed by atoms with Gasteiger partial charge in [0, 0.05) is 38.7 Å². The molecular formula is C31H32N2O5S. The highest BCUT2D eigenvalue weighted by atomic mass is 32.1. The molecule has 0 spiro atoms. The third kappa shape index (κ3) is 5.04. The van der Waals surface area contributed by atoms with E-state index in [0.29, 0.717) is 46.9 Å². The maximum absolute atomic E-state index is 13.9. The smallest absolute Gasteiger partial charge is 0.254 e. The van der Waals surface area contributed by atoms with Crippen LogP contribution in [0.4, 0.5) is 5.69 Å². The van der Waals surface area contributed by atoms with E-state index < -0.39 is 5.92 Å². The summed E-state index contributed by atoms with van der Waals surface area (Å²) in [6, 6.07) is 17.2. The van der Waals surface area contributed by atoms with Crippen molar-refractivity contribution in [3.63, 3.8) is 0 Å². The first-order chi connectivity index (χ1) is 18.8. The molecule has 0 saturated heterocycles. The van der Waals surface area contributed by atoms with Crippen LogP contribution in [0.2, 0.25) is 0 Å². The van der Waals surface area contributed by atoms with Crippen molar-refractivity contribution in [2.45, 2.75) is 38.5 Å². The molecule has 5 rings (SSSR count). The Morgan fingerprint density at radius 1 is 0.923 bits per heavy atom. The third-order valence-corrected chi connectivity index (χ3v) is 8.42. The van der Waals surface area contributed by atoms with E-state index >= 15 is 0 Å². The van der Waals surface area contributed by atoms with Crippen LogP contribution in [0.25, 0.3) is 0 Å². The van der Waals surface area contributed by atoms with Crippen LogP contribution in [0.5, 0.6) is 17.2 Å². The normalized spacial score (nSPS) is 18.8. The van der Waals surface area contributed by atoms with Gasteiger partial charge in [-0.2, -0.15) is 0 Å². The summed E-state index contributed by atoms with van der Waals surface area (Å²) in [5.41, 5.74) is 4.41. The van der Waals surface area contributed by atoms with E-state index in [1.807, 2.05) is 56.3 Å². The standard InChI is InChI=1S/C31H32N2O5S/c1-17-10-13-27(39-17)30-28(31(35)33-21-8-6-7-9-24(21)36-3)18(2)32-22-14-20(15-23(34)29(22)30)19-11-12-25(37-4)26(16-19)38-5/h6-13,16,20,30,32H,14-15H2,1-5H3,(H,33,35)/t20-,30-/m1/s1. The van der Waals surface area contributed by atoms with Gasteiger partial charge in [-0.05, 0) is 68.1 Å². The van der Waals surface area contributed by atoms with Gasteiger partial charge in [-0.1, -0.05) is 18.2 Å². The average molecular weight is 545 g/mol. The molecule has 1 aliphatic heterocycles. The monoisotopic (exact) mass is 544 g/mol. The Morgan fingerprint density at radius 2 is 1.67 bits per heavy atom. The summed E-state index contributed by atoms with van der Waals surface area (Å²) in [5.74, 6) is 1.16. The first-order valence-electron chi connectivity index (χ1n) is 12.8. The summed E-state index contributed by atoms with van der Waals surface area (Å²) in [7, 11) is 4.78. The molecule has 2 aromatic carbocycles. The predicted molar refractivity (Wildman–Crippen MR) is 153 cm³/mol. The highest BCUT2D eigenvalue weighted by molar-refractivity contribution is 7.12. The number of amides is 1. The van der Waals surface area contributed by atoms with Gasteiger partial charge in [0.15, 0.2) is 17.3 Å². The number of hydrogen-bond acceptors (Lipinski definition) is 7. The van der Waals surface area contributed by atoms with E-state index in [1.165, 1.54) is 0 Å². The Hall–Kier alpha value is -4.04. The lowest BCUT2D eigenvalue weighted by atomic mass is 9.73. The molecule has 2 atom stereocenters. The van der Waals surface area contributed by atoms with E-state index in [4.69, 9.17) is 14.2 Å². The van der Waals surface area contributed by atoms with E-state index in [2.05, 4.69) is 10.6 Å². The van der Waals surface area contributed by atoms with Crippen LogP contribution >= 0.6 is 11.3 Å². The van der Waals surface area contributed by atoms with Crippen molar-refractivity contribution in [1.82, 2.24) is 5.32 Å². The Morgan fingerprint density at radius 3 is 2.36 bits per heavy atom. The molecular weight excluding hydrogens is 512 g/mol. The average Bonchev–Trinajstić information content (AvgIpc) is 3.37. The van der Waals surface area contributed by atoms with E-state index in [1.54, 1.807) is 44.8 Å². The van der Waals surface area contributed by atoms with Crippen LogP contribution in [0.1, 0.15) is 46.9 Å². The molecule has 2 aliphatic rings. The molecule has 1 amide bonds. The van der Waals surface area contributed by atoms with Gasteiger partial charge in [-0.25, -0.2) is 0 Å². The minimum Gasteiger partial charge on any atom is -0.495 e. The summed E-state index contributed by atoms with van der Waals surface area (Å²) in [6.45, 7) is 3.93. The van der Waals surface area contributed by atoms with Crippen LogP contribution in [0, 0.1) is 6.92 Å². The number of carbonyl (C=O) groups is 2. The summed E-state index contributed by atoms with van der Waals surface area (Å²) >= 11 is 1.61. The summed E-state index contributed by atoms with van der Waals surface area (Å²) < 4.78 is 16.3.